The summed E-state index contributed by atoms with van der Waals surface area (Å²) in [7, 11) is 0. The molecule has 6 heteroatoms. The topological polar surface area (TPSA) is 59.4 Å². The molecule has 0 unspecified atom stereocenters. The lowest BCUT2D eigenvalue weighted by atomic mass is 10.2. The molecule has 2 aromatic carbocycles. The van der Waals surface area contributed by atoms with Gasteiger partial charge in [-0.25, -0.2) is 0 Å². The number of benzene rings is 2. The highest BCUT2D eigenvalue weighted by molar-refractivity contribution is 5.78. The highest BCUT2D eigenvalue weighted by Crippen LogP contribution is 2.22. The van der Waals surface area contributed by atoms with Crippen molar-refractivity contribution in [3.8, 4) is 5.75 Å². The molecule has 1 amide bonds. The van der Waals surface area contributed by atoms with E-state index in [1.807, 2.05) is 48.0 Å². The van der Waals surface area contributed by atoms with Gasteiger partial charge in [-0.2, -0.15) is 5.10 Å². The van der Waals surface area contributed by atoms with Crippen LogP contribution < -0.4 is 10.1 Å². The molecule has 1 aliphatic heterocycles. The van der Waals surface area contributed by atoms with Gasteiger partial charge in [-0.3, -0.25) is 14.4 Å². The molecule has 0 atom stereocenters. The van der Waals surface area contributed by atoms with Gasteiger partial charge in [0.15, 0.2) is 0 Å². The first-order chi connectivity index (χ1) is 14.6. The van der Waals surface area contributed by atoms with Crippen LogP contribution in [0.25, 0.3) is 0 Å². The summed E-state index contributed by atoms with van der Waals surface area (Å²) in [4.78, 5) is 14.7. The largest absolute Gasteiger partial charge is 0.492 e. The van der Waals surface area contributed by atoms with Gasteiger partial charge in [-0.05, 0) is 25.5 Å². The number of ether oxygens (including phenoxy) is 1. The third-order valence-corrected chi connectivity index (χ3v) is 5.57. The Labute approximate surface area is 177 Å². The number of carbonyl (C=O) groups is 1. The van der Waals surface area contributed by atoms with Crippen LogP contribution in [0.5, 0.6) is 5.75 Å². The zero-order valence-corrected chi connectivity index (χ0v) is 17.6. The van der Waals surface area contributed by atoms with Crippen LogP contribution in [0.4, 0.5) is 0 Å². The zero-order chi connectivity index (χ0) is 20.9. The highest BCUT2D eigenvalue weighted by atomic mass is 16.5. The fourth-order valence-corrected chi connectivity index (χ4v) is 3.86. The van der Waals surface area contributed by atoms with Crippen molar-refractivity contribution in [2.24, 2.45) is 0 Å². The van der Waals surface area contributed by atoms with E-state index in [2.05, 4.69) is 40.4 Å². The maximum atomic E-state index is 12.6. The number of nitrogens with zero attached hydrogens (tertiary/aromatic N) is 3. The highest BCUT2D eigenvalue weighted by Gasteiger charge is 2.18. The second-order valence-corrected chi connectivity index (χ2v) is 7.74. The summed E-state index contributed by atoms with van der Waals surface area (Å²) in [5.41, 5.74) is 5.47. The zero-order valence-electron chi connectivity index (χ0n) is 17.6. The molecule has 0 saturated heterocycles. The van der Waals surface area contributed by atoms with E-state index in [1.165, 1.54) is 5.56 Å². The average molecular weight is 405 g/mol. The number of hydrogen-bond donors (Lipinski definition) is 1. The number of nitrogens with one attached hydrogen (secondary N) is 1. The van der Waals surface area contributed by atoms with Crippen molar-refractivity contribution in [1.29, 1.82) is 0 Å². The van der Waals surface area contributed by atoms with Gasteiger partial charge in [-0.1, -0.05) is 48.5 Å². The van der Waals surface area contributed by atoms with Crippen molar-refractivity contribution in [2.75, 3.05) is 19.7 Å². The van der Waals surface area contributed by atoms with Gasteiger partial charge in [-0.15, -0.1) is 0 Å². The van der Waals surface area contributed by atoms with E-state index in [-0.39, 0.29) is 5.91 Å². The molecule has 0 bridgehead atoms. The minimum Gasteiger partial charge on any atom is -0.492 e. The number of aromatic nitrogens is 2. The maximum absolute atomic E-state index is 12.6. The molecule has 2 heterocycles. The summed E-state index contributed by atoms with van der Waals surface area (Å²) in [6, 6.07) is 18.3. The average Bonchev–Trinajstić information content (AvgIpc) is 2.90. The lowest BCUT2D eigenvalue weighted by Crippen LogP contribution is -2.37. The molecule has 6 nitrogen and oxygen atoms in total. The number of fused-ring (bicyclic) bond motifs is 1. The second kappa shape index (κ2) is 9.13. The summed E-state index contributed by atoms with van der Waals surface area (Å²) >= 11 is 0. The predicted octanol–water partition coefficient (Wildman–Crippen LogP) is 3.06. The predicted molar refractivity (Wildman–Crippen MR) is 116 cm³/mol. The summed E-state index contributed by atoms with van der Waals surface area (Å²) in [6.07, 6.45) is 0. The second-order valence-electron chi connectivity index (χ2n) is 7.74. The number of carbonyl (C=O) groups excluding carboxylic acids is 1. The lowest BCUT2D eigenvalue weighted by Gasteiger charge is -2.18. The summed E-state index contributed by atoms with van der Waals surface area (Å²) in [5, 5.41) is 7.75. The summed E-state index contributed by atoms with van der Waals surface area (Å²) in [6.45, 7) is 7.68. The van der Waals surface area contributed by atoms with Crippen LogP contribution in [-0.4, -0.2) is 40.3 Å². The molecule has 1 aliphatic rings. The first-order valence-electron chi connectivity index (χ1n) is 10.4. The van der Waals surface area contributed by atoms with Crippen LogP contribution in [0.3, 0.4) is 0 Å². The smallest absolute Gasteiger partial charge is 0.234 e. The van der Waals surface area contributed by atoms with E-state index in [9.17, 15) is 4.79 Å². The third kappa shape index (κ3) is 4.71. The molecule has 1 aromatic heterocycles. The molecular formula is C24H28N4O2. The summed E-state index contributed by atoms with van der Waals surface area (Å²) < 4.78 is 7.80. The molecular weight excluding hydrogens is 376 g/mol. The molecule has 0 radical (unpaired) electrons. The van der Waals surface area contributed by atoms with E-state index in [4.69, 9.17) is 4.74 Å². The molecule has 3 aromatic rings. The van der Waals surface area contributed by atoms with Gasteiger partial charge in [0.25, 0.3) is 0 Å². The molecule has 30 heavy (non-hydrogen) atoms. The molecule has 0 aliphatic carbocycles. The Kier molecular flexibility index (Phi) is 6.14. The molecule has 1 N–H and O–H groups in total. The molecule has 0 saturated carbocycles. The Morgan fingerprint density at radius 2 is 1.87 bits per heavy atom. The fourth-order valence-electron chi connectivity index (χ4n) is 3.86. The maximum Gasteiger partial charge on any atom is 0.234 e. The van der Waals surface area contributed by atoms with Crippen molar-refractivity contribution in [2.45, 2.75) is 33.5 Å². The van der Waals surface area contributed by atoms with Crippen LogP contribution in [0.1, 0.15) is 28.1 Å². The Bertz CT molecular complexity index is 1010. The molecule has 4 rings (SSSR count). The Balaban J connectivity index is 1.35. The van der Waals surface area contributed by atoms with Crippen LogP contribution in [0, 0.1) is 13.8 Å². The van der Waals surface area contributed by atoms with Crippen molar-refractivity contribution >= 4 is 5.91 Å². The van der Waals surface area contributed by atoms with E-state index >= 15 is 0 Å². The molecule has 0 fully saturated rings. The SMILES string of the molecule is Cc1nn(Cc2ccccc2)c(C)c1CNC(=O)CN1CCOc2ccccc2C1. The van der Waals surface area contributed by atoms with Gasteiger partial charge in [0, 0.05) is 36.5 Å². The number of para-hydroxylation sites is 1. The van der Waals surface area contributed by atoms with Crippen LogP contribution >= 0.6 is 0 Å². The van der Waals surface area contributed by atoms with E-state index in [1.54, 1.807) is 0 Å². The Morgan fingerprint density at radius 1 is 1.10 bits per heavy atom. The van der Waals surface area contributed by atoms with Gasteiger partial charge in [0.1, 0.15) is 12.4 Å². The minimum atomic E-state index is 0.0176. The number of hydrogen-bond acceptors (Lipinski definition) is 4. The fraction of sp³-hybridized carbons (Fsp3) is 0.333. The third-order valence-electron chi connectivity index (χ3n) is 5.57. The normalized spacial score (nSPS) is 13.9. The van der Waals surface area contributed by atoms with E-state index in [0.717, 1.165) is 47.9 Å². The Morgan fingerprint density at radius 3 is 2.70 bits per heavy atom. The van der Waals surface area contributed by atoms with Crippen molar-refractivity contribution in [3.05, 3.63) is 82.7 Å². The summed E-state index contributed by atoms with van der Waals surface area (Å²) in [5.74, 6) is 0.932. The minimum absolute atomic E-state index is 0.0176. The van der Waals surface area contributed by atoms with Crippen molar-refractivity contribution in [3.63, 3.8) is 0 Å². The standard InChI is InChI=1S/C24H28N4O2/c1-18-22(19(2)28(26-18)15-20-8-4-3-5-9-20)14-25-24(29)17-27-12-13-30-23-11-7-6-10-21(23)16-27/h3-11H,12-17H2,1-2H3,(H,25,29). The number of rotatable bonds is 6. The van der Waals surface area contributed by atoms with Crippen LogP contribution in [0.15, 0.2) is 54.6 Å². The van der Waals surface area contributed by atoms with Crippen LogP contribution in [-0.2, 0) is 24.4 Å². The van der Waals surface area contributed by atoms with Crippen molar-refractivity contribution in [1.82, 2.24) is 20.0 Å². The van der Waals surface area contributed by atoms with Gasteiger partial charge in [0.05, 0.1) is 18.8 Å². The monoisotopic (exact) mass is 404 g/mol. The Hall–Kier alpha value is -3.12. The van der Waals surface area contributed by atoms with Gasteiger partial charge >= 0.3 is 0 Å². The quantitative estimate of drug-likeness (QED) is 0.686. The van der Waals surface area contributed by atoms with E-state index < -0.39 is 0 Å². The first kappa shape index (κ1) is 20.2. The molecule has 156 valence electrons. The van der Waals surface area contributed by atoms with Gasteiger partial charge < -0.3 is 10.1 Å². The number of aryl methyl sites for hydroxylation is 1. The van der Waals surface area contributed by atoms with Crippen LogP contribution in [0.2, 0.25) is 0 Å². The first-order valence-corrected chi connectivity index (χ1v) is 10.4. The van der Waals surface area contributed by atoms with Gasteiger partial charge in [0.2, 0.25) is 5.91 Å². The number of amides is 1. The lowest BCUT2D eigenvalue weighted by molar-refractivity contribution is -0.122. The molecule has 0 spiro atoms. The van der Waals surface area contributed by atoms with Crippen molar-refractivity contribution < 1.29 is 9.53 Å². The van der Waals surface area contributed by atoms with E-state index in [0.29, 0.717) is 19.7 Å².